The molecule has 1 N–H and O–H groups in total. The van der Waals surface area contributed by atoms with E-state index in [1.807, 2.05) is 18.7 Å². The van der Waals surface area contributed by atoms with Gasteiger partial charge in [-0.1, -0.05) is 18.2 Å². The highest BCUT2D eigenvalue weighted by molar-refractivity contribution is 5.87. The van der Waals surface area contributed by atoms with Gasteiger partial charge in [-0.05, 0) is 66.8 Å². The zero-order valence-electron chi connectivity index (χ0n) is 17.1. The molecule has 6 heteroatoms. The molecule has 1 heterocycles. The van der Waals surface area contributed by atoms with Gasteiger partial charge in [0.15, 0.2) is 0 Å². The molecule has 3 rings (SSSR count). The van der Waals surface area contributed by atoms with Crippen LogP contribution in [0.2, 0.25) is 0 Å². The molecular weight excluding hydrogens is 388 g/mol. The summed E-state index contributed by atoms with van der Waals surface area (Å²) in [5.74, 6) is -1.53. The van der Waals surface area contributed by atoms with E-state index >= 15 is 0 Å². The number of carboxylic acids is 1. The van der Waals surface area contributed by atoms with E-state index in [2.05, 4.69) is 0 Å². The number of hydrogen-bond acceptors (Lipinski definition) is 3. The minimum Gasteiger partial charge on any atom is -0.499 e. The third-order valence-corrected chi connectivity index (χ3v) is 5.19. The minimum atomic E-state index is -0.888. The lowest BCUT2D eigenvalue weighted by molar-refractivity contribution is -0.133. The maximum absolute atomic E-state index is 13.6. The maximum Gasteiger partial charge on any atom is 0.332 e. The standard InChI is InChI=1S/C24H25F2NO3/c1-16-12-19(25)5-7-21(16)23(22-8-6-20(26)13-17(22)2)15-30-11-10-27-9-3-4-18(14-27)24(28)29/h4-8,12-13,15H,3,9-11,14H2,1-2H3,(H,28,29). The van der Waals surface area contributed by atoms with Gasteiger partial charge in [-0.15, -0.1) is 0 Å². The van der Waals surface area contributed by atoms with E-state index in [4.69, 9.17) is 9.84 Å². The number of aryl methyl sites for hydroxylation is 2. The van der Waals surface area contributed by atoms with Gasteiger partial charge in [0, 0.05) is 30.8 Å². The summed E-state index contributed by atoms with van der Waals surface area (Å²) in [6, 6.07) is 9.07. The summed E-state index contributed by atoms with van der Waals surface area (Å²) in [5, 5.41) is 9.15. The van der Waals surface area contributed by atoms with E-state index in [1.54, 1.807) is 24.5 Å². The van der Waals surface area contributed by atoms with Gasteiger partial charge in [0.25, 0.3) is 0 Å². The van der Waals surface area contributed by atoms with Crippen LogP contribution < -0.4 is 0 Å². The monoisotopic (exact) mass is 413 g/mol. The van der Waals surface area contributed by atoms with Crippen molar-refractivity contribution >= 4 is 11.5 Å². The molecule has 0 spiro atoms. The van der Waals surface area contributed by atoms with Crippen LogP contribution in [0.15, 0.2) is 54.3 Å². The van der Waals surface area contributed by atoms with Crippen LogP contribution in [0.4, 0.5) is 8.78 Å². The van der Waals surface area contributed by atoms with E-state index in [0.717, 1.165) is 34.4 Å². The third-order valence-electron chi connectivity index (χ3n) is 5.19. The summed E-state index contributed by atoms with van der Waals surface area (Å²) in [6.45, 7) is 5.77. The Morgan fingerprint density at radius 1 is 1.10 bits per heavy atom. The smallest absolute Gasteiger partial charge is 0.332 e. The summed E-state index contributed by atoms with van der Waals surface area (Å²) >= 11 is 0. The van der Waals surface area contributed by atoms with Crippen LogP contribution in [0.5, 0.6) is 0 Å². The van der Waals surface area contributed by atoms with Gasteiger partial charge in [-0.2, -0.15) is 0 Å². The van der Waals surface area contributed by atoms with Crippen molar-refractivity contribution in [2.75, 3.05) is 26.2 Å². The second kappa shape index (κ2) is 9.67. The molecule has 30 heavy (non-hydrogen) atoms. The highest BCUT2D eigenvalue weighted by Gasteiger charge is 2.17. The molecule has 0 bridgehead atoms. The maximum atomic E-state index is 13.6. The molecule has 1 aliphatic heterocycles. The number of benzene rings is 2. The van der Waals surface area contributed by atoms with Crippen molar-refractivity contribution in [2.45, 2.75) is 20.3 Å². The van der Waals surface area contributed by atoms with Crippen LogP contribution in [0.3, 0.4) is 0 Å². The van der Waals surface area contributed by atoms with Crippen LogP contribution in [-0.2, 0) is 9.53 Å². The lowest BCUT2D eigenvalue weighted by Crippen LogP contribution is -2.34. The average Bonchev–Trinajstić information content (AvgIpc) is 2.70. The predicted octanol–water partition coefficient (Wildman–Crippen LogP) is 4.70. The molecule has 0 aromatic heterocycles. The molecule has 158 valence electrons. The molecule has 0 fully saturated rings. The minimum absolute atomic E-state index is 0.320. The Hall–Kier alpha value is -2.99. The third kappa shape index (κ3) is 5.33. The SMILES string of the molecule is Cc1cc(F)ccc1C(=COCCN1CCC=C(C(=O)O)C1)c1ccc(F)cc1C. The summed E-state index contributed by atoms with van der Waals surface area (Å²) in [5.41, 5.74) is 4.26. The number of ether oxygens (including phenoxy) is 1. The van der Waals surface area contributed by atoms with Gasteiger partial charge in [-0.25, -0.2) is 13.6 Å². The largest absolute Gasteiger partial charge is 0.499 e. The summed E-state index contributed by atoms with van der Waals surface area (Å²) in [4.78, 5) is 13.2. The van der Waals surface area contributed by atoms with Crippen LogP contribution in [0.1, 0.15) is 28.7 Å². The second-order valence-electron chi connectivity index (χ2n) is 7.42. The Bertz CT molecular complexity index is 944. The quantitative estimate of drug-likeness (QED) is 0.528. The summed E-state index contributed by atoms with van der Waals surface area (Å²) in [7, 11) is 0. The Balaban J connectivity index is 1.78. The zero-order valence-corrected chi connectivity index (χ0v) is 17.1. The van der Waals surface area contributed by atoms with Gasteiger partial charge < -0.3 is 9.84 Å². The fourth-order valence-electron chi connectivity index (χ4n) is 3.61. The average molecular weight is 413 g/mol. The van der Waals surface area contributed by atoms with Crippen LogP contribution in [0, 0.1) is 25.5 Å². The number of carboxylic acid groups (broad SMARTS) is 1. The summed E-state index contributed by atoms with van der Waals surface area (Å²) in [6.07, 6.45) is 4.08. The number of nitrogens with zero attached hydrogens (tertiary/aromatic N) is 1. The normalized spacial score (nSPS) is 14.2. The van der Waals surface area contributed by atoms with Crippen molar-refractivity contribution in [1.29, 1.82) is 0 Å². The van der Waals surface area contributed by atoms with Crippen LogP contribution in [-0.4, -0.2) is 42.2 Å². The predicted molar refractivity (Wildman–Crippen MR) is 112 cm³/mol. The van der Waals surface area contributed by atoms with Crippen molar-refractivity contribution in [2.24, 2.45) is 0 Å². The Labute approximate surface area is 175 Å². The molecule has 2 aromatic carbocycles. The van der Waals surface area contributed by atoms with E-state index in [0.29, 0.717) is 31.7 Å². The van der Waals surface area contributed by atoms with E-state index in [1.165, 1.54) is 24.3 Å². The Morgan fingerprint density at radius 2 is 1.70 bits per heavy atom. The number of halogens is 2. The lowest BCUT2D eigenvalue weighted by atomic mass is 9.92. The Kier molecular flexibility index (Phi) is 7.00. The first-order chi connectivity index (χ1) is 14.3. The molecule has 0 aliphatic carbocycles. The lowest BCUT2D eigenvalue weighted by Gasteiger charge is -2.25. The van der Waals surface area contributed by atoms with Gasteiger partial charge in [0.05, 0.1) is 6.26 Å². The first kappa shape index (κ1) is 21.7. The molecular formula is C24H25F2NO3. The molecule has 4 nitrogen and oxygen atoms in total. The van der Waals surface area contributed by atoms with E-state index < -0.39 is 5.97 Å². The first-order valence-electron chi connectivity index (χ1n) is 9.84. The number of hydrogen-bond donors (Lipinski definition) is 1. The van der Waals surface area contributed by atoms with Gasteiger partial charge >= 0.3 is 5.97 Å². The van der Waals surface area contributed by atoms with Gasteiger partial charge in [0.1, 0.15) is 18.2 Å². The van der Waals surface area contributed by atoms with Crippen molar-refractivity contribution < 1.29 is 23.4 Å². The fraction of sp³-hybridized carbons (Fsp3) is 0.292. The van der Waals surface area contributed by atoms with Crippen LogP contribution in [0.25, 0.3) is 5.57 Å². The Morgan fingerprint density at radius 3 is 2.23 bits per heavy atom. The summed E-state index contributed by atoms with van der Waals surface area (Å²) < 4.78 is 33.0. The van der Waals surface area contributed by atoms with Crippen molar-refractivity contribution in [3.63, 3.8) is 0 Å². The fourth-order valence-corrected chi connectivity index (χ4v) is 3.61. The van der Waals surface area contributed by atoms with Crippen molar-refractivity contribution in [1.82, 2.24) is 4.90 Å². The molecule has 0 radical (unpaired) electrons. The highest BCUT2D eigenvalue weighted by Crippen LogP contribution is 2.29. The molecule has 0 amide bonds. The molecule has 1 aliphatic rings. The van der Waals surface area contributed by atoms with E-state index in [-0.39, 0.29) is 11.6 Å². The molecule has 0 saturated heterocycles. The van der Waals surface area contributed by atoms with Crippen molar-refractivity contribution in [3.05, 3.63) is 88.2 Å². The van der Waals surface area contributed by atoms with Gasteiger partial charge in [-0.3, -0.25) is 4.90 Å². The zero-order chi connectivity index (χ0) is 21.7. The first-order valence-corrected chi connectivity index (χ1v) is 9.84. The topological polar surface area (TPSA) is 49.8 Å². The van der Waals surface area contributed by atoms with E-state index in [9.17, 15) is 13.6 Å². The van der Waals surface area contributed by atoms with Gasteiger partial charge in [0.2, 0.25) is 0 Å². The van der Waals surface area contributed by atoms with Crippen LogP contribution >= 0.6 is 0 Å². The molecule has 0 saturated carbocycles. The number of aliphatic carboxylic acids is 1. The molecule has 0 unspecified atom stereocenters. The highest BCUT2D eigenvalue weighted by atomic mass is 19.1. The molecule has 0 atom stereocenters. The van der Waals surface area contributed by atoms with Crippen molar-refractivity contribution in [3.8, 4) is 0 Å². The molecule has 2 aromatic rings. The number of carbonyl (C=O) groups is 1. The second-order valence-corrected chi connectivity index (χ2v) is 7.42. The number of rotatable bonds is 7.